The molecule has 0 bridgehead atoms. The van der Waals surface area contributed by atoms with Crippen LogP contribution >= 0.6 is 0 Å². The molecule has 4 rings (SSSR count). The third kappa shape index (κ3) is 3.34. The van der Waals surface area contributed by atoms with Gasteiger partial charge in [0.2, 0.25) is 5.95 Å². The Labute approximate surface area is 163 Å². The van der Waals surface area contributed by atoms with Crippen LogP contribution < -0.4 is 15.4 Å². The van der Waals surface area contributed by atoms with Crippen LogP contribution in [-0.4, -0.2) is 27.3 Å². The first-order valence-electron chi connectivity index (χ1n) is 9.14. The summed E-state index contributed by atoms with van der Waals surface area (Å²) in [4.78, 5) is 17.4. The van der Waals surface area contributed by atoms with Crippen LogP contribution in [0.5, 0.6) is 5.75 Å². The van der Waals surface area contributed by atoms with Crippen molar-refractivity contribution in [1.82, 2.24) is 14.8 Å². The van der Waals surface area contributed by atoms with E-state index in [1.807, 2.05) is 68.4 Å². The molecule has 7 heteroatoms. The number of ether oxygens (including phenoxy) is 1. The number of benzene rings is 2. The molecule has 1 atom stereocenters. The van der Waals surface area contributed by atoms with Crippen LogP contribution in [0.25, 0.3) is 0 Å². The monoisotopic (exact) mass is 375 g/mol. The highest BCUT2D eigenvalue weighted by Gasteiger charge is 2.33. The smallest absolute Gasteiger partial charge is 0.255 e. The van der Waals surface area contributed by atoms with Gasteiger partial charge < -0.3 is 15.4 Å². The molecule has 1 aliphatic heterocycles. The van der Waals surface area contributed by atoms with E-state index in [1.165, 1.54) is 6.33 Å². The van der Waals surface area contributed by atoms with Crippen LogP contribution in [0.2, 0.25) is 0 Å². The summed E-state index contributed by atoms with van der Waals surface area (Å²) in [6, 6.07) is 16.7. The molecule has 0 radical (unpaired) electrons. The van der Waals surface area contributed by atoms with Gasteiger partial charge in [0, 0.05) is 11.4 Å². The predicted molar refractivity (Wildman–Crippen MR) is 107 cm³/mol. The molecular weight excluding hydrogens is 354 g/mol. The Bertz CT molecular complexity index is 1010. The van der Waals surface area contributed by atoms with Gasteiger partial charge in [-0.25, -0.2) is 4.68 Å². The molecule has 0 fully saturated rings. The first kappa shape index (κ1) is 17.8. The zero-order valence-electron chi connectivity index (χ0n) is 15.7. The minimum atomic E-state index is -0.391. The van der Waals surface area contributed by atoms with E-state index >= 15 is 0 Å². The Morgan fingerprint density at radius 3 is 2.64 bits per heavy atom. The third-order valence-electron chi connectivity index (χ3n) is 4.58. The molecule has 1 aliphatic rings. The van der Waals surface area contributed by atoms with Crippen molar-refractivity contribution in [2.24, 2.45) is 0 Å². The Hall–Kier alpha value is -3.61. The Morgan fingerprint density at radius 2 is 1.93 bits per heavy atom. The fourth-order valence-electron chi connectivity index (χ4n) is 3.33. The van der Waals surface area contributed by atoms with Crippen molar-refractivity contribution in [2.75, 3.05) is 17.2 Å². The third-order valence-corrected chi connectivity index (χ3v) is 4.58. The Balaban J connectivity index is 1.73. The number of carbonyl (C=O) groups is 1. The van der Waals surface area contributed by atoms with Crippen molar-refractivity contribution >= 4 is 17.5 Å². The molecule has 7 nitrogen and oxygen atoms in total. The van der Waals surface area contributed by atoms with E-state index in [2.05, 4.69) is 20.7 Å². The second-order valence-electron chi connectivity index (χ2n) is 6.42. The topological polar surface area (TPSA) is 81.1 Å². The lowest BCUT2D eigenvalue weighted by molar-refractivity contribution is -0.113. The molecule has 0 spiro atoms. The van der Waals surface area contributed by atoms with Gasteiger partial charge in [-0.05, 0) is 43.7 Å². The number of aromatic nitrogens is 3. The maximum absolute atomic E-state index is 13.2. The van der Waals surface area contributed by atoms with Crippen molar-refractivity contribution in [2.45, 2.75) is 19.9 Å². The van der Waals surface area contributed by atoms with Gasteiger partial charge in [-0.15, -0.1) is 0 Å². The van der Waals surface area contributed by atoms with Crippen LogP contribution in [0, 0.1) is 0 Å². The molecule has 0 unspecified atom stereocenters. The lowest BCUT2D eigenvalue weighted by Gasteiger charge is -2.28. The summed E-state index contributed by atoms with van der Waals surface area (Å²) in [5.74, 6) is 1.21. The number of hydrogen-bond acceptors (Lipinski definition) is 5. The minimum Gasteiger partial charge on any atom is -0.494 e. The summed E-state index contributed by atoms with van der Waals surface area (Å²) in [5.41, 5.74) is 3.00. The van der Waals surface area contributed by atoms with Crippen LogP contribution in [0.15, 0.2) is 72.2 Å². The maximum Gasteiger partial charge on any atom is 0.255 e. The number of nitrogens with zero attached hydrogens (tertiary/aromatic N) is 3. The van der Waals surface area contributed by atoms with Crippen LogP contribution in [0.3, 0.4) is 0 Å². The number of fused-ring (bicyclic) bond motifs is 1. The SMILES string of the molecule is CCOc1ccc([C@@H]2C(C(=O)Nc3ccccc3)=C(C)Nc3ncnn32)cc1. The van der Waals surface area contributed by atoms with Gasteiger partial charge in [0.1, 0.15) is 18.1 Å². The van der Waals surface area contributed by atoms with Gasteiger partial charge in [-0.2, -0.15) is 10.1 Å². The van der Waals surface area contributed by atoms with Crippen LogP contribution in [-0.2, 0) is 4.79 Å². The molecule has 0 saturated heterocycles. The largest absolute Gasteiger partial charge is 0.494 e. The van der Waals surface area contributed by atoms with Gasteiger partial charge >= 0.3 is 0 Å². The van der Waals surface area contributed by atoms with Gasteiger partial charge in [0.15, 0.2) is 0 Å². The number of nitrogens with one attached hydrogen (secondary N) is 2. The first-order chi connectivity index (χ1) is 13.7. The summed E-state index contributed by atoms with van der Waals surface area (Å²) >= 11 is 0. The van der Waals surface area contributed by atoms with Crippen molar-refractivity contribution in [3.63, 3.8) is 0 Å². The van der Waals surface area contributed by atoms with Crippen LogP contribution in [0.1, 0.15) is 25.5 Å². The van der Waals surface area contributed by atoms with E-state index in [0.29, 0.717) is 18.1 Å². The van der Waals surface area contributed by atoms with Gasteiger partial charge in [-0.3, -0.25) is 4.79 Å². The Kier molecular flexibility index (Phi) is 4.80. The molecular formula is C21H21N5O2. The molecule has 142 valence electrons. The summed E-state index contributed by atoms with van der Waals surface area (Å²) in [6.07, 6.45) is 1.48. The van der Waals surface area contributed by atoms with Crippen molar-refractivity contribution in [3.05, 3.63) is 77.8 Å². The van der Waals surface area contributed by atoms with E-state index in [1.54, 1.807) is 4.68 Å². The molecule has 0 saturated carbocycles. The van der Waals surface area contributed by atoms with Gasteiger partial charge in [0.25, 0.3) is 5.91 Å². The van der Waals surface area contributed by atoms with Crippen molar-refractivity contribution < 1.29 is 9.53 Å². The van der Waals surface area contributed by atoms with E-state index in [9.17, 15) is 4.79 Å². The maximum atomic E-state index is 13.2. The van der Waals surface area contributed by atoms with Crippen molar-refractivity contribution in [3.8, 4) is 5.75 Å². The highest BCUT2D eigenvalue weighted by molar-refractivity contribution is 6.06. The second kappa shape index (κ2) is 7.56. The summed E-state index contributed by atoms with van der Waals surface area (Å²) < 4.78 is 7.26. The molecule has 0 aliphatic carbocycles. The summed E-state index contributed by atoms with van der Waals surface area (Å²) in [7, 11) is 0. The number of amides is 1. The number of hydrogen-bond donors (Lipinski definition) is 2. The van der Waals surface area contributed by atoms with E-state index in [0.717, 1.165) is 22.7 Å². The average Bonchev–Trinajstić information content (AvgIpc) is 3.16. The lowest BCUT2D eigenvalue weighted by Crippen LogP contribution is -2.31. The zero-order chi connectivity index (χ0) is 19.5. The normalized spacial score (nSPS) is 15.6. The first-order valence-corrected chi connectivity index (χ1v) is 9.14. The predicted octanol–water partition coefficient (Wildman–Crippen LogP) is 3.60. The molecule has 1 amide bonds. The highest BCUT2D eigenvalue weighted by atomic mass is 16.5. The quantitative estimate of drug-likeness (QED) is 0.712. The molecule has 2 aromatic carbocycles. The number of rotatable bonds is 5. The Morgan fingerprint density at radius 1 is 1.18 bits per heavy atom. The van der Waals surface area contributed by atoms with Crippen molar-refractivity contribution in [1.29, 1.82) is 0 Å². The number of carbonyl (C=O) groups excluding carboxylic acids is 1. The highest BCUT2D eigenvalue weighted by Crippen LogP contribution is 2.35. The second-order valence-corrected chi connectivity index (χ2v) is 6.42. The fraction of sp³-hybridized carbons (Fsp3) is 0.190. The minimum absolute atomic E-state index is 0.184. The molecule has 28 heavy (non-hydrogen) atoms. The molecule has 2 N–H and O–H groups in total. The zero-order valence-corrected chi connectivity index (χ0v) is 15.7. The number of para-hydroxylation sites is 1. The number of anilines is 2. The fourth-order valence-corrected chi connectivity index (χ4v) is 3.33. The lowest BCUT2D eigenvalue weighted by atomic mass is 9.95. The van der Waals surface area contributed by atoms with E-state index in [-0.39, 0.29) is 5.91 Å². The molecule has 2 heterocycles. The van der Waals surface area contributed by atoms with Crippen LogP contribution in [0.4, 0.5) is 11.6 Å². The molecule has 1 aromatic heterocycles. The summed E-state index contributed by atoms with van der Waals surface area (Å²) in [5, 5.41) is 10.5. The van der Waals surface area contributed by atoms with Gasteiger partial charge in [-0.1, -0.05) is 30.3 Å². The molecule has 3 aromatic rings. The van der Waals surface area contributed by atoms with Gasteiger partial charge in [0.05, 0.1) is 12.2 Å². The summed E-state index contributed by atoms with van der Waals surface area (Å²) in [6.45, 7) is 4.42. The number of allylic oxidation sites excluding steroid dienone is 1. The average molecular weight is 375 g/mol. The van der Waals surface area contributed by atoms with E-state index in [4.69, 9.17) is 4.74 Å². The van der Waals surface area contributed by atoms with E-state index < -0.39 is 6.04 Å². The standard InChI is InChI=1S/C21H21N5O2/c1-3-28-17-11-9-15(10-12-17)19-18(14(2)24-21-22-13-23-26(19)21)20(27)25-16-7-5-4-6-8-16/h4-13,19H,3H2,1-2H3,(H,25,27)(H,22,23,24)/t19-/m1/s1.